The van der Waals surface area contributed by atoms with Crippen molar-refractivity contribution in [3.63, 3.8) is 0 Å². The maximum Gasteiger partial charge on any atom is 0.284 e. The number of pyridine rings is 1. The average Bonchev–Trinajstić information content (AvgIpc) is 3.09. The smallest absolute Gasteiger partial charge is 0.284 e. The van der Waals surface area contributed by atoms with Crippen molar-refractivity contribution in [1.82, 2.24) is 14.8 Å². The molecule has 35 heavy (non-hydrogen) atoms. The van der Waals surface area contributed by atoms with Crippen LogP contribution in [0.4, 0.5) is 28.9 Å². The van der Waals surface area contributed by atoms with Crippen molar-refractivity contribution < 1.29 is 22.3 Å². The van der Waals surface area contributed by atoms with Crippen molar-refractivity contribution in [2.75, 3.05) is 12.4 Å². The molecule has 178 valence electrons. The quantitative estimate of drug-likeness (QED) is 0.230. The third-order valence-electron chi connectivity index (χ3n) is 5.45. The molecule has 1 N–H and O–H groups in total. The number of ether oxygens (including phenoxy) is 1. The average molecular weight is 546 g/mol. The molecular weight excluding hydrogens is 530 g/mol. The van der Waals surface area contributed by atoms with Crippen molar-refractivity contribution in [1.29, 1.82) is 0 Å². The third kappa shape index (κ3) is 4.27. The predicted molar refractivity (Wildman–Crippen MR) is 126 cm³/mol. The summed E-state index contributed by atoms with van der Waals surface area (Å²) in [6, 6.07) is 12.0. The van der Waals surface area contributed by atoms with Gasteiger partial charge in [0, 0.05) is 5.56 Å². The highest BCUT2D eigenvalue weighted by molar-refractivity contribution is 9.10. The Labute approximate surface area is 205 Å². The maximum absolute atomic E-state index is 14.6. The molecule has 6 nitrogen and oxygen atoms in total. The summed E-state index contributed by atoms with van der Waals surface area (Å²) in [4.78, 5) is 8.46. The summed E-state index contributed by atoms with van der Waals surface area (Å²) in [5.74, 6) is -1.41. The van der Waals surface area contributed by atoms with Gasteiger partial charge in [-0.05, 0) is 51.8 Å². The molecule has 4 aromatic rings. The molecule has 0 unspecified atom stereocenters. The molecule has 2 aromatic carbocycles. The van der Waals surface area contributed by atoms with Crippen LogP contribution in [0, 0.1) is 11.6 Å². The van der Waals surface area contributed by atoms with E-state index < -0.39 is 29.3 Å². The topological polar surface area (TPSA) is 64.3 Å². The van der Waals surface area contributed by atoms with Crippen molar-refractivity contribution >= 4 is 33.1 Å². The van der Waals surface area contributed by atoms with Crippen LogP contribution in [0.5, 0.6) is 5.75 Å². The van der Waals surface area contributed by atoms with E-state index in [0.717, 1.165) is 17.7 Å². The van der Waals surface area contributed by atoms with Crippen molar-refractivity contribution in [3.05, 3.63) is 87.8 Å². The Kier molecular flexibility index (Phi) is 6.01. The summed E-state index contributed by atoms with van der Waals surface area (Å²) in [6.45, 7) is 0.136. The zero-order valence-corrected chi connectivity index (χ0v) is 19.7. The highest BCUT2D eigenvalue weighted by atomic mass is 79.9. The number of aliphatic imine (C=N–C) groups is 1. The lowest BCUT2D eigenvalue weighted by molar-refractivity contribution is 0.145. The van der Waals surface area contributed by atoms with Crippen molar-refractivity contribution in [3.8, 4) is 17.0 Å². The predicted octanol–water partition coefficient (Wildman–Crippen LogP) is 6.48. The maximum atomic E-state index is 14.6. The number of hydrogen-bond acceptors (Lipinski definition) is 5. The fourth-order valence-electron chi connectivity index (χ4n) is 3.85. The molecule has 5 rings (SSSR count). The second-order valence-electron chi connectivity index (χ2n) is 7.62. The molecule has 0 fully saturated rings. The fourth-order valence-corrected chi connectivity index (χ4v) is 4.18. The van der Waals surface area contributed by atoms with Crippen LogP contribution in [0.3, 0.4) is 0 Å². The number of amidine groups is 1. The summed E-state index contributed by atoms with van der Waals surface area (Å²) in [5, 5.41) is 7.02. The van der Waals surface area contributed by atoms with E-state index in [2.05, 4.69) is 36.3 Å². The molecule has 2 aromatic heterocycles. The zero-order chi connectivity index (χ0) is 24.7. The molecule has 0 aliphatic carbocycles. The molecule has 0 spiro atoms. The number of nitrogens with one attached hydrogen (secondary N) is 1. The van der Waals surface area contributed by atoms with E-state index in [1.807, 2.05) is 0 Å². The third-order valence-corrected chi connectivity index (χ3v) is 5.89. The number of anilines is 1. The van der Waals surface area contributed by atoms with E-state index in [9.17, 15) is 17.6 Å². The van der Waals surface area contributed by atoms with Gasteiger partial charge in [-0.25, -0.2) is 27.5 Å². The normalized spacial score (nSPS) is 12.5. The Morgan fingerprint density at radius 1 is 1.09 bits per heavy atom. The lowest BCUT2D eigenvalue weighted by Crippen LogP contribution is -2.17. The monoisotopic (exact) mass is 545 g/mol. The Morgan fingerprint density at radius 2 is 1.80 bits per heavy atom. The number of benzene rings is 2. The summed E-state index contributed by atoms with van der Waals surface area (Å²) < 4.78 is 64.5. The Bertz CT molecular complexity index is 1430. The molecule has 0 bridgehead atoms. The fraction of sp³-hybridized carbons (Fsp3) is 0.125. The van der Waals surface area contributed by atoms with Gasteiger partial charge >= 0.3 is 0 Å². The molecule has 3 heterocycles. The van der Waals surface area contributed by atoms with Gasteiger partial charge in [-0.2, -0.15) is 5.10 Å². The number of nitrogens with zero attached hydrogens (tertiary/aromatic N) is 4. The minimum absolute atomic E-state index is 0.136. The molecule has 1 aliphatic heterocycles. The van der Waals surface area contributed by atoms with Gasteiger partial charge in [0.1, 0.15) is 33.5 Å². The van der Waals surface area contributed by atoms with Crippen LogP contribution in [-0.4, -0.2) is 27.7 Å². The molecule has 0 saturated heterocycles. The first kappa shape index (κ1) is 23.0. The van der Waals surface area contributed by atoms with E-state index in [1.54, 1.807) is 37.4 Å². The van der Waals surface area contributed by atoms with Gasteiger partial charge in [0.2, 0.25) is 0 Å². The van der Waals surface area contributed by atoms with E-state index in [1.165, 1.54) is 16.9 Å². The van der Waals surface area contributed by atoms with E-state index in [0.29, 0.717) is 21.6 Å². The number of rotatable bonds is 5. The lowest BCUT2D eigenvalue weighted by atomic mass is 10.1. The molecule has 0 amide bonds. The van der Waals surface area contributed by atoms with Crippen LogP contribution >= 0.6 is 15.9 Å². The number of fused-ring (bicyclic) bond motifs is 3. The van der Waals surface area contributed by atoms with Gasteiger partial charge in [0.15, 0.2) is 5.69 Å². The van der Waals surface area contributed by atoms with Crippen molar-refractivity contribution in [2.45, 2.75) is 13.0 Å². The Balaban J connectivity index is 1.76. The zero-order valence-electron chi connectivity index (χ0n) is 18.1. The van der Waals surface area contributed by atoms with E-state index in [-0.39, 0.29) is 23.8 Å². The largest absolute Gasteiger partial charge is 0.497 e. The number of methoxy groups -OCH3 is 1. The molecule has 0 atom stereocenters. The highest BCUT2D eigenvalue weighted by Crippen LogP contribution is 2.44. The molecule has 0 radical (unpaired) electrons. The SMILES string of the molecule is COc1ccc(Cn2nc(C(F)F)c3c2-c2cc(Br)ncc2NC(c2c(F)cccc2F)=N3)cc1. The van der Waals surface area contributed by atoms with Crippen LogP contribution < -0.4 is 10.1 Å². The van der Waals surface area contributed by atoms with Gasteiger partial charge in [0.05, 0.1) is 36.8 Å². The first-order valence-electron chi connectivity index (χ1n) is 10.3. The summed E-state index contributed by atoms with van der Waals surface area (Å²) in [7, 11) is 1.54. The summed E-state index contributed by atoms with van der Waals surface area (Å²) in [5.41, 5.74) is 0.523. The van der Waals surface area contributed by atoms with Gasteiger partial charge in [-0.15, -0.1) is 0 Å². The highest BCUT2D eigenvalue weighted by Gasteiger charge is 2.31. The van der Waals surface area contributed by atoms with Crippen LogP contribution in [0.25, 0.3) is 11.3 Å². The Hall–Kier alpha value is -3.73. The van der Waals surface area contributed by atoms with Crippen LogP contribution in [-0.2, 0) is 6.54 Å². The minimum atomic E-state index is -2.98. The van der Waals surface area contributed by atoms with Crippen molar-refractivity contribution in [2.24, 2.45) is 4.99 Å². The minimum Gasteiger partial charge on any atom is -0.497 e. The van der Waals surface area contributed by atoms with Gasteiger partial charge in [0.25, 0.3) is 6.43 Å². The number of halogens is 5. The first-order chi connectivity index (χ1) is 16.9. The van der Waals surface area contributed by atoms with Gasteiger partial charge in [-0.1, -0.05) is 18.2 Å². The summed E-state index contributed by atoms with van der Waals surface area (Å²) in [6.07, 6.45) is -1.56. The standard InChI is InChI=1S/C24H16BrF4N5O/c1-35-13-7-5-12(6-8-13)11-34-22-14-9-18(25)30-10-17(14)31-24(19-15(26)3-2-4-16(19)27)32-20(22)21(33-34)23(28)29/h2-10,23H,11H2,1H3,(H,31,32). The molecule has 1 aliphatic rings. The number of alkyl halides is 2. The number of aromatic nitrogens is 3. The van der Waals surface area contributed by atoms with E-state index >= 15 is 0 Å². The van der Waals surface area contributed by atoms with Crippen LogP contribution in [0.2, 0.25) is 0 Å². The Morgan fingerprint density at radius 3 is 2.46 bits per heavy atom. The van der Waals surface area contributed by atoms with E-state index in [4.69, 9.17) is 4.74 Å². The second-order valence-corrected chi connectivity index (χ2v) is 8.44. The lowest BCUT2D eigenvalue weighted by Gasteiger charge is -2.13. The molecular formula is C24H16BrF4N5O. The number of hydrogen-bond donors (Lipinski definition) is 1. The van der Waals surface area contributed by atoms with Crippen LogP contribution in [0.1, 0.15) is 23.2 Å². The van der Waals surface area contributed by atoms with Crippen LogP contribution in [0.15, 0.2) is 64.3 Å². The first-order valence-corrected chi connectivity index (χ1v) is 11.1. The second kappa shape index (κ2) is 9.14. The molecule has 11 heteroatoms. The van der Waals surface area contributed by atoms with Gasteiger partial charge in [-0.3, -0.25) is 4.68 Å². The van der Waals surface area contributed by atoms with Gasteiger partial charge < -0.3 is 10.1 Å². The summed E-state index contributed by atoms with van der Waals surface area (Å²) >= 11 is 3.31. The molecule has 0 saturated carbocycles.